The molecular weight excluding hydrogens is 238 g/mol. The van der Waals surface area contributed by atoms with Crippen LogP contribution in [-0.4, -0.2) is 17.2 Å². The molecule has 0 bridgehead atoms. The van der Waals surface area contributed by atoms with Gasteiger partial charge in [-0.1, -0.05) is 38.1 Å². The van der Waals surface area contributed by atoms with Gasteiger partial charge in [0, 0.05) is 11.5 Å². The molecule has 0 amide bonds. The van der Waals surface area contributed by atoms with Crippen molar-refractivity contribution in [2.24, 2.45) is 0 Å². The second kappa shape index (κ2) is 5.31. The highest BCUT2D eigenvalue weighted by molar-refractivity contribution is 5.35. The van der Waals surface area contributed by atoms with E-state index in [1.54, 1.807) is 13.2 Å². The van der Waals surface area contributed by atoms with Gasteiger partial charge in [0.05, 0.1) is 12.8 Å². The van der Waals surface area contributed by atoms with E-state index in [1.807, 2.05) is 36.4 Å². The van der Waals surface area contributed by atoms with Crippen LogP contribution in [0.3, 0.4) is 0 Å². The summed E-state index contributed by atoms with van der Waals surface area (Å²) in [7, 11) is 1.61. The number of hydrogen-bond acceptors (Lipinski definition) is 3. The lowest BCUT2D eigenvalue weighted by Crippen LogP contribution is -2.22. The van der Waals surface area contributed by atoms with Crippen LogP contribution < -0.4 is 4.74 Å². The molecular formula is C16H19NO2. The van der Waals surface area contributed by atoms with E-state index < -0.39 is 0 Å². The molecule has 0 unspecified atom stereocenters. The van der Waals surface area contributed by atoms with Crippen molar-refractivity contribution in [2.75, 3.05) is 7.11 Å². The highest BCUT2D eigenvalue weighted by atomic mass is 16.5. The van der Waals surface area contributed by atoms with Crippen molar-refractivity contribution < 1.29 is 9.84 Å². The monoisotopic (exact) mass is 257 g/mol. The van der Waals surface area contributed by atoms with Crippen LogP contribution in [0.4, 0.5) is 0 Å². The van der Waals surface area contributed by atoms with Crippen molar-refractivity contribution in [1.82, 2.24) is 4.98 Å². The second-order valence-corrected chi connectivity index (χ2v) is 5.25. The summed E-state index contributed by atoms with van der Waals surface area (Å²) < 4.78 is 5.16. The van der Waals surface area contributed by atoms with Gasteiger partial charge >= 0.3 is 0 Å². The molecule has 0 fully saturated rings. The predicted molar refractivity (Wildman–Crippen MR) is 75.6 cm³/mol. The molecule has 1 aromatic heterocycles. The third-order valence-corrected chi connectivity index (χ3v) is 3.25. The van der Waals surface area contributed by atoms with Crippen LogP contribution in [0.1, 0.15) is 25.1 Å². The number of nitrogens with zero attached hydrogens (tertiary/aromatic N) is 1. The standard InChI is InChI=1S/C16H19NO2/c1-16(2,11-12-7-4-5-8-13(12)18)14-9-6-10-15(17-14)19-3/h4-10,18H,11H2,1-3H3. The lowest BCUT2D eigenvalue weighted by Gasteiger charge is -2.25. The van der Waals surface area contributed by atoms with E-state index in [-0.39, 0.29) is 5.41 Å². The smallest absolute Gasteiger partial charge is 0.213 e. The number of phenols is 1. The normalized spacial score (nSPS) is 11.3. The third-order valence-electron chi connectivity index (χ3n) is 3.25. The average Bonchev–Trinajstić information content (AvgIpc) is 2.41. The van der Waals surface area contributed by atoms with Gasteiger partial charge < -0.3 is 9.84 Å². The van der Waals surface area contributed by atoms with E-state index in [0.29, 0.717) is 11.6 Å². The Morgan fingerprint density at radius 2 is 1.84 bits per heavy atom. The lowest BCUT2D eigenvalue weighted by atomic mass is 9.82. The molecule has 1 heterocycles. The summed E-state index contributed by atoms with van der Waals surface area (Å²) in [5.41, 5.74) is 1.71. The zero-order chi connectivity index (χ0) is 13.9. The summed E-state index contributed by atoms with van der Waals surface area (Å²) >= 11 is 0. The van der Waals surface area contributed by atoms with Gasteiger partial charge in [-0.2, -0.15) is 0 Å². The minimum absolute atomic E-state index is 0.173. The number of aromatic hydroxyl groups is 1. The number of pyridine rings is 1. The molecule has 2 aromatic rings. The second-order valence-electron chi connectivity index (χ2n) is 5.25. The molecule has 0 saturated carbocycles. The molecule has 0 saturated heterocycles. The molecule has 0 spiro atoms. The fourth-order valence-corrected chi connectivity index (χ4v) is 2.13. The molecule has 1 N–H and O–H groups in total. The van der Waals surface area contributed by atoms with Crippen LogP contribution in [0.2, 0.25) is 0 Å². The minimum atomic E-state index is -0.173. The van der Waals surface area contributed by atoms with E-state index in [4.69, 9.17) is 4.74 Å². The summed E-state index contributed by atoms with van der Waals surface area (Å²) in [6.45, 7) is 4.22. The fraction of sp³-hybridized carbons (Fsp3) is 0.312. The van der Waals surface area contributed by atoms with Crippen molar-refractivity contribution in [2.45, 2.75) is 25.7 Å². The van der Waals surface area contributed by atoms with Crippen molar-refractivity contribution in [1.29, 1.82) is 0 Å². The zero-order valence-electron chi connectivity index (χ0n) is 11.6. The topological polar surface area (TPSA) is 42.4 Å². The minimum Gasteiger partial charge on any atom is -0.508 e. The van der Waals surface area contributed by atoms with Crippen molar-refractivity contribution in [3.05, 3.63) is 53.7 Å². The summed E-state index contributed by atoms with van der Waals surface area (Å²) in [5.74, 6) is 0.946. The molecule has 3 nitrogen and oxygen atoms in total. The number of aromatic nitrogens is 1. The predicted octanol–water partition coefficient (Wildman–Crippen LogP) is 3.32. The molecule has 0 radical (unpaired) electrons. The van der Waals surface area contributed by atoms with Gasteiger partial charge in [0.1, 0.15) is 5.75 Å². The number of benzene rings is 1. The van der Waals surface area contributed by atoms with Gasteiger partial charge in [0.2, 0.25) is 5.88 Å². The van der Waals surface area contributed by atoms with Crippen LogP contribution in [0, 0.1) is 0 Å². The summed E-state index contributed by atoms with van der Waals surface area (Å²) in [6, 6.07) is 13.2. The number of rotatable bonds is 4. The first-order valence-electron chi connectivity index (χ1n) is 6.31. The maximum absolute atomic E-state index is 9.88. The molecule has 19 heavy (non-hydrogen) atoms. The van der Waals surface area contributed by atoms with Crippen molar-refractivity contribution >= 4 is 0 Å². The summed E-state index contributed by atoms with van der Waals surface area (Å²) in [5, 5.41) is 9.88. The molecule has 100 valence electrons. The number of ether oxygens (including phenoxy) is 1. The maximum Gasteiger partial charge on any atom is 0.213 e. The molecule has 0 aliphatic heterocycles. The number of methoxy groups -OCH3 is 1. The first-order chi connectivity index (χ1) is 9.03. The van der Waals surface area contributed by atoms with E-state index in [0.717, 1.165) is 17.7 Å². The average molecular weight is 257 g/mol. The Kier molecular flexibility index (Phi) is 3.74. The Hall–Kier alpha value is -2.03. The van der Waals surface area contributed by atoms with Crippen LogP contribution in [-0.2, 0) is 11.8 Å². The summed E-state index contributed by atoms with van der Waals surface area (Å²) in [4.78, 5) is 4.48. The molecule has 0 atom stereocenters. The third kappa shape index (κ3) is 3.05. The van der Waals surface area contributed by atoms with Gasteiger partial charge in [-0.15, -0.1) is 0 Å². The van der Waals surface area contributed by atoms with Crippen LogP contribution in [0.25, 0.3) is 0 Å². The first-order valence-corrected chi connectivity index (χ1v) is 6.31. The van der Waals surface area contributed by atoms with Gasteiger partial charge in [-0.25, -0.2) is 4.98 Å². The Morgan fingerprint density at radius 1 is 1.11 bits per heavy atom. The Bertz CT molecular complexity index is 564. The fourth-order valence-electron chi connectivity index (χ4n) is 2.13. The van der Waals surface area contributed by atoms with Crippen LogP contribution in [0.5, 0.6) is 11.6 Å². The molecule has 1 aromatic carbocycles. The molecule has 2 rings (SSSR count). The van der Waals surface area contributed by atoms with Gasteiger partial charge in [0.15, 0.2) is 0 Å². The van der Waals surface area contributed by atoms with E-state index in [1.165, 1.54) is 0 Å². The van der Waals surface area contributed by atoms with Crippen molar-refractivity contribution in [3.8, 4) is 11.6 Å². The van der Waals surface area contributed by atoms with Crippen LogP contribution >= 0.6 is 0 Å². The first kappa shape index (κ1) is 13.4. The van der Waals surface area contributed by atoms with Crippen molar-refractivity contribution in [3.63, 3.8) is 0 Å². The van der Waals surface area contributed by atoms with Gasteiger partial charge in [0.25, 0.3) is 0 Å². The van der Waals surface area contributed by atoms with Crippen LogP contribution in [0.15, 0.2) is 42.5 Å². The highest BCUT2D eigenvalue weighted by Gasteiger charge is 2.24. The molecule has 3 heteroatoms. The van der Waals surface area contributed by atoms with Gasteiger partial charge in [-0.3, -0.25) is 0 Å². The van der Waals surface area contributed by atoms with E-state index in [9.17, 15) is 5.11 Å². The Labute approximate surface area is 113 Å². The zero-order valence-corrected chi connectivity index (χ0v) is 11.6. The number of para-hydroxylation sites is 1. The van der Waals surface area contributed by atoms with E-state index >= 15 is 0 Å². The Morgan fingerprint density at radius 3 is 2.53 bits per heavy atom. The number of hydrogen-bond donors (Lipinski definition) is 1. The maximum atomic E-state index is 9.88. The molecule has 0 aliphatic carbocycles. The van der Waals surface area contributed by atoms with Gasteiger partial charge in [-0.05, 0) is 24.1 Å². The SMILES string of the molecule is COc1cccc(C(C)(C)Cc2ccccc2O)n1. The lowest BCUT2D eigenvalue weighted by molar-refractivity contribution is 0.388. The number of phenolic OH excluding ortho intramolecular Hbond substituents is 1. The largest absolute Gasteiger partial charge is 0.508 e. The molecule has 0 aliphatic rings. The summed E-state index contributed by atoms with van der Waals surface area (Å²) in [6.07, 6.45) is 0.722. The van der Waals surface area contributed by atoms with E-state index in [2.05, 4.69) is 18.8 Å². The highest BCUT2D eigenvalue weighted by Crippen LogP contribution is 2.30. The quantitative estimate of drug-likeness (QED) is 0.913. The Balaban J connectivity index is 2.29.